The molecule has 1 N–H and O–H groups in total. The molecule has 0 fully saturated rings. The van der Waals surface area contributed by atoms with Gasteiger partial charge in [-0.2, -0.15) is 5.26 Å². The first kappa shape index (κ1) is 18.3. The zero-order valence-electron chi connectivity index (χ0n) is 14.0. The highest BCUT2D eigenvalue weighted by Gasteiger charge is 2.19. The second kappa shape index (κ2) is 7.69. The lowest BCUT2D eigenvalue weighted by atomic mass is 10.1. The van der Waals surface area contributed by atoms with Crippen molar-refractivity contribution in [3.05, 3.63) is 51.7 Å². The summed E-state index contributed by atoms with van der Waals surface area (Å²) in [7, 11) is 0. The van der Waals surface area contributed by atoms with Crippen LogP contribution in [0.4, 0.5) is 5.69 Å². The van der Waals surface area contributed by atoms with Gasteiger partial charge >= 0.3 is 0 Å². The Morgan fingerprint density at radius 1 is 1.38 bits per heavy atom. The molecule has 24 heavy (non-hydrogen) atoms. The van der Waals surface area contributed by atoms with Crippen molar-refractivity contribution in [2.75, 3.05) is 5.32 Å². The number of benzene rings is 1. The third-order valence-electron chi connectivity index (χ3n) is 3.61. The summed E-state index contributed by atoms with van der Waals surface area (Å²) in [5.41, 5.74) is 3.73. The highest BCUT2D eigenvalue weighted by atomic mass is 35.5. The number of nitrogens with one attached hydrogen (secondary N) is 1. The van der Waals surface area contributed by atoms with Gasteiger partial charge in [-0.05, 0) is 57.0 Å². The Balaban J connectivity index is 2.18. The normalized spacial score (nSPS) is 11.7. The van der Waals surface area contributed by atoms with Gasteiger partial charge in [-0.3, -0.25) is 4.79 Å². The molecule has 2 aromatic rings. The zero-order chi connectivity index (χ0) is 17.9. The molecular formula is C18H18ClN3OS. The van der Waals surface area contributed by atoms with Gasteiger partial charge in [-0.1, -0.05) is 29.4 Å². The molecule has 1 atom stereocenters. The minimum absolute atomic E-state index is 0.157. The van der Waals surface area contributed by atoms with Crippen molar-refractivity contribution >= 4 is 35.0 Å². The molecule has 1 aromatic heterocycles. The molecule has 6 heteroatoms. The molecule has 2 rings (SSSR count). The molecule has 124 valence electrons. The number of hydrogen-bond donors (Lipinski definition) is 1. The van der Waals surface area contributed by atoms with Gasteiger partial charge in [0, 0.05) is 16.4 Å². The summed E-state index contributed by atoms with van der Waals surface area (Å²) in [5.74, 6) is -0.157. The summed E-state index contributed by atoms with van der Waals surface area (Å²) in [4.78, 5) is 16.9. The van der Waals surface area contributed by atoms with Gasteiger partial charge in [0.05, 0.1) is 10.8 Å². The van der Waals surface area contributed by atoms with Crippen LogP contribution < -0.4 is 5.32 Å². The summed E-state index contributed by atoms with van der Waals surface area (Å²) in [6, 6.07) is 9.42. The van der Waals surface area contributed by atoms with E-state index in [2.05, 4.69) is 16.4 Å². The molecule has 0 aliphatic rings. The number of nitriles is 1. The van der Waals surface area contributed by atoms with E-state index in [0.29, 0.717) is 21.3 Å². The number of aromatic nitrogens is 1. The molecular weight excluding hydrogens is 342 g/mol. The van der Waals surface area contributed by atoms with Gasteiger partial charge in [-0.15, -0.1) is 0 Å². The highest BCUT2D eigenvalue weighted by Crippen LogP contribution is 2.29. The van der Waals surface area contributed by atoms with E-state index in [9.17, 15) is 10.1 Å². The lowest BCUT2D eigenvalue weighted by molar-refractivity contribution is -0.115. The van der Waals surface area contributed by atoms with Gasteiger partial charge < -0.3 is 5.32 Å². The van der Waals surface area contributed by atoms with Crippen LogP contribution in [-0.2, 0) is 4.79 Å². The maximum absolute atomic E-state index is 12.5. The van der Waals surface area contributed by atoms with Crippen LogP contribution in [0.15, 0.2) is 29.3 Å². The van der Waals surface area contributed by atoms with E-state index >= 15 is 0 Å². The third kappa shape index (κ3) is 4.08. The van der Waals surface area contributed by atoms with E-state index in [1.807, 2.05) is 32.9 Å². The van der Waals surface area contributed by atoms with E-state index in [0.717, 1.165) is 16.8 Å². The summed E-state index contributed by atoms with van der Waals surface area (Å²) in [5, 5.41) is 13.0. The molecule has 1 heterocycles. The van der Waals surface area contributed by atoms with Crippen LogP contribution in [0, 0.1) is 32.1 Å². The van der Waals surface area contributed by atoms with E-state index in [4.69, 9.17) is 11.6 Å². The fourth-order valence-corrected chi connectivity index (χ4v) is 3.42. The Morgan fingerprint density at radius 2 is 2.08 bits per heavy atom. The van der Waals surface area contributed by atoms with Gasteiger partial charge in [-0.25, -0.2) is 4.98 Å². The Labute approximate surface area is 151 Å². The van der Waals surface area contributed by atoms with Crippen molar-refractivity contribution in [2.24, 2.45) is 0 Å². The molecule has 0 spiro atoms. The quantitative estimate of drug-likeness (QED) is 0.807. The standard InChI is InChI=1S/C18H18ClN3OS/c1-10-8-11(2)21-18(14(10)9-20)24-13(4)17(23)22-16-7-5-6-15(19)12(16)3/h5-8,13H,1-4H3,(H,22,23). The van der Waals surface area contributed by atoms with E-state index in [1.54, 1.807) is 19.1 Å². The van der Waals surface area contributed by atoms with Crippen molar-refractivity contribution in [3.8, 4) is 6.07 Å². The lowest BCUT2D eigenvalue weighted by Gasteiger charge is -2.15. The average molecular weight is 360 g/mol. The Bertz CT molecular complexity index is 830. The number of hydrogen-bond acceptors (Lipinski definition) is 4. The Kier molecular flexibility index (Phi) is 5.87. The first-order valence-electron chi connectivity index (χ1n) is 7.44. The average Bonchev–Trinajstić information content (AvgIpc) is 2.51. The number of carbonyl (C=O) groups excluding carboxylic acids is 1. The van der Waals surface area contributed by atoms with Crippen LogP contribution in [0.1, 0.15) is 29.3 Å². The predicted molar refractivity (Wildman–Crippen MR) is 98.6 cm³/mol. The number of amides is 1. The molecule has 1 aromatic carbocycles. The number of pyridine rings is 1. The van der Waals surface area contributed by atoms with Gasteiger partial charge in [0.25, 0.3) is 0 Å². The molecule has 0 aliphatic heterocycles. The Morgan fingerprint density at radius 3 is 2.75 bits per heavy atom. The molecule has 1 amide bonds. The van der Waals surface area contributed by atoms with Crippen molar-refractivity contribution < 1.29 is 4.79 Å². The predicted octanol–water partition coefficient (Wildman–Crippen LogP) is 4.65. The minimum Gasteiger partial charge on any atom is -0.325 e. The van der Waals surface area contributed by atoms with Crippen LogP contribution in [0.25, 0.3) is 0 Å². The van der Waals surface area contributed by atoms with E-state index in [-0.39, 0.29) is 5.91 Å². The van der Waals surface area contributed by atoms with Gasteiger partial charge in [0.1, 0.15) is 11.1 Å². The van der Waals surface area contributed by atoms with Crippen LogP contribution in [0.3, 0.4) is 0 Å². The van der Waals surface area contributed by atoms with Crippen molar-refractivity contribution in [3.63, 3.8) is 0 Å². The Hall–Kier alpha value is -2.03. The van der Waals surface area contributed by atoms with Crippen LogP contribution >= 0.6 is 23.4 Å². The molecule has 0 radical (unpaired) electrons. The monoisotopic (exact) mass is 359 g/mol. The first-order valence-corrected chi connectivity index (χ1v) is 8.70. The number of aryl methyl sites for hydroxylation is 2. The fraction of sp³-hybridized carbons (Fsp3) is 0.278. The second-order valence-corrected chi connectivity index (χ2v) is 7.27. The molecule has 0 bridgehead atoms. The highest BCUT2D eigenvalue weighted by molar-refractivity contribution is 8.00. The van der Waals surface area contributed by atoms with Gasteiger partial charge in [0.2, 0.25) is 5.91 Å². The smallest absolute Gasteiger partial charge is 0.237 e. The number of nitrogens with zero attached hydrogens (tertiary/aromatic N) is 2. The largest absolute Gasteiger partial charge is 0.325 e. The van der Waals surface area contributed by atoms with Crippen LogP contribution in [-0.4, -0.2) is 16.1 Å². The zero-order valence-corrected chi connectivity index (χ0v) is 15.5. The topological polar surface area (TPSA) is 65.8 Å². The summed E-state index contributed by atoms with van der Waals surface area (Å²) in [6.07, 6.45) is 0. The third-order valence-corrected chi connectivity index (χ3v) is 5.10. The van der Waals surface area contributed by atoms with E-state index in [1.165, 1.54) is 11.8 Å². The summed E-state index contributed by atoms with van der Waals surface area (Å²) < 4.78 is 0. The van der Waals surface area contributed by atoms with E-state index < -0.39 is 5.25 Å². The molecule has 4 nitrogen and oxygen atoms in total. The number of carbonyl (C=O) groups is 1. The van der Waals surface area contributed by atoms with Crippen molar-refractivity contribution in [2.45, 2.75) is 38.0 Å². The van der Waals surface area contributed by atoms with Crippen molar-refractivity contribution in [1.82, 2.24) is 4.98 Å². The maximum atomic E-state index is 12.5. The SMILES string of the molecule is Cc1cc(C)c(C#N)c(SC(C)C(=O)Nc2cccc(Cl)c2C)n1. The molecule has 0 aliphatic carbocycles. The first-order chi connectivity index (χ1) is 11.3. The van der Waals surface area contributed by atoms with Gasteiger partial charge in [0.15, 0.2) is 0 Å². The fourth-order valence-electron chi connectivity index (χ4n) is 2.22. The summed E-state index contributed by atoms with van der Waals surface area (Å²) in [6.45, 7) is 7.39. The number of thioether (sulfide) groups is 1. The van der Waals surface area contributed by atoms with Crippen LogP contribution in [0.2, 0.25) is 5.02 Å². The number of halogens is 1. The molecule has 0 saturated heterocycles. The molecule has 1 unspecified atom stereocenters. The molecule has 0 saturated carbocycles. The number of anilines is 1. The lowest BCUT2D eigenvalue weighted by Crippen LogP contribution is -2.23. The number of rotatable bonds is 4. The maximum Gasteiger partial charge on any atom is 0.237 e. The minimum atomic E-state index is -0.399. The second-order valence-electron chi connectivity index (χ2n) is 5.53. The van der Waals surface area contributed by atoms with Crippen LogP contribution in [0.5, 0.6) is 0 Å². The van der Waals surface area contributed by atoms with Crippen molar-refractivity contribution in [1.29, 1.82) is 5.26 Å². The summed E-state index contributed by atoms with van der Waals surface area (Å²) >= 11 is 7.36.